The second-order valence-corrected chi connectivity index (χ2v) is 6.69. The van der Waals surface area contributed by atoms with Gasteiger partial charge in [0.2, 0.25) is 0 Å². The average molecular weight is 428 g/mol. The van der Waals surface area contributed by atoms with E-state index < -0.39 is 11.9 Å². The van der Waals surface area contributed by atoms with Crippen molar-refractivity contribution in [3.8, 4) is 5.75 Å². The maximum Gasteiger partial charge on any atom is 0.333 e. The van der Waals surface area contributed by atoms with Gasteiger partial charge in [0, 0.05) is 15.1 Å². The average Bonchev–Trinajstić information content (AvgIpc) is 2.78. The summed E-state index contributed by atoms with van der Waals surface area (Å²) >= 11 is 15.1. The summed E-state index contributed by atoms with van der Waals surface area (Å²) in [6.45, 7) is 0. The van der Waals surface area contributed by atoms with Crippen LogP contribution in [0.3, 0.4) is 0 Å². The molecule has 0 bridgehead atoms. The summed E-state index contributed by atoms with van der Waals surface area (Å²) in [4.78, 5) is 25.6. The zero-order valence-electron chi connectivity index (χ0n) is 11.9. The van der Waals surface area contributed by atoms with Gasteiger partial charge in [-0.2, -0.15) is 0 Å². The molecular formula is C16H9BrCl2N2O3. The molecule has 0 aromatic heterocycles. The molecule has 0 unspecified atom stereocenters. The Morgan fingerprint density at radius 2 is 1.92 bits per heavy atom. The molecule has 0 saturated carbocycles. The van der Waals surface area contributed by atoms with Crippen molar-refractivity contribution in [1.29, 1.82) is 0 Å². The van der Waals surface area contributed by atoms with Gasteiger partial charge in [0.25, 0.3) is 5.91 Å². The highest BCUT2D eigenvalue weighted by atomic mass is 79.9. The molecule has 1 heterocycles. The summed E-state index contributed by atoms with van der Waals surface area (Å²) in [6.07, 6.45) is 1.36. The van der Waals surface area contributed by atoms with Crippen molar-refractivity contribution in [3.05, 3.63) is 62.2 Å². The Morgan fingerprint density at radius 3 is 2.62 bits per heavy atom. The first-order valence-corrected chi connectivity index (χ1v) is 8.22. The predicted molar refractivity (Wildman–Crippen MR) is 96.3 cm³/mol. The monoisotopic (exact) mass is 426 g/mol. The zero-order valence-corrected chi connectivity index (χ0v) is 15.0. The standard InChI is InChI=1S/C16H9BrCl2N2O3/c17-9-4-8(14(22)12(19)6-9)5-13-15(23)21(16(24)20-13)11-3-1-2-10(18)7-11/h1-7,22H,(H,20,24)/b13-5+. The van der Waals surface area contributed by atoms with Crippen LogP contribution in [0.25, 0.3) is 6.08 Å². The Morgan fingerprint density at radius 1 is 1.17 bits per heavy atom. The summed E-state index contributed by atoms with van der Waals surface area (Å²) < 4.78 is 0.626. The number of nitrogens with zero attached hydrogens (tertiary/aromatic N) is 1. The van der Waals surface area contributed by atoms with Gasteiger partial charge in [-0.3, -0.25) is 4.79 Å². The van der Waals surface area contributed by atoms with Gasteiger partial charge in [-0.05, 0) is 36.4 Å². The van der Waals surface area contributed by atoms with E-state index in [-0.39, 0.29) is 16.5 Å². The Balaban J connectivity index is 2.00. The van der Waals surface area contributed by atoms with Crippen molar-refractivity contribution in [2.24, 2.45) is 0 Å². The van der Waals surface area contributed by atoms with Gasteiger partial charge in [0.15, 0.2) is 0 Å². The summed E-state index contributed by atoms with van der Waals surface area (Å²) in [5.41, 5.74) is 0.667. The highest BCUT2D eigenvalue weighted by Gasteiger charge is 2.35. The molecule has 0 radical (unpaired) electrons. The first kappa shape index (κ1) is 16.8. The van der Waals surface area contributed by atoms with Crippen molar-refractivity contribution in [2.75, 3.05) is 4.90 Å². The van der Waals surface area contributed by atoms with Crippen molar-refractivity contribution in [3.63, 3.8) is 0 Å². The van der Waals surface area contributed by atoms with E-state index in [1.807, 2.05) is 0 Å². The van der Waals surface area contributed by atoms with Gasteiger partial charge in [-0.1, -0.05) is 45.2 Å². The number of rotatable bonds is 2. The number of nitrogens with one attached hydrogen (secondary N) is 1. The van der Waals surface area contributed by atoms with Crippen molar-refractivity contribution < 1.29 is 14.7 Å². The minimum absolute atomic E-state index is 0.0180. The number of hydrogen-bond donors (Lipinski definition) is 2. The predicted octanol–water partition coefficient (Wildman–Crippen LogP) is 4.56. The molecule has 1 aliphatic rings. The fourth-order valence-electron chi connectivity index (χ4n) is 2.24. The van der Waals surface area contributed by atoms with Crippen LogP contribution in [0.5, 0.6) is 5.75 Å². The molecule has 1 saturated heterocycles. The molecule has 2 aromatic carbocycles. The number of hydrogen-bond acceptors (Lipinski definition) is 3. The van der Waals surface area contributed by atoms with Crippen LogP contribution < -0.4 is 10.2 Å². The van der Waals surface area contributed by atoms with Crippen LogP contribution in [0.1, 0.15) is 5.56 Å². The summed E-state index contributed by atoms with van der Waals surface area (Å²) in [5.74, 6) is -0.742. The van der Waals surface area contributed by atoms with Crippen molar-refractivity contribution in [1.82, 2.24) is 5.32 Å². The summed E-state index contributed by atoms with van der Waals surface area (Å²) in [5, 5.41) is 13.0. The first-order chi connectivity index (χ1) is 11.4. The normalized spacial score (nSPS) is 16.0. The van der Waals surface area contributed by atoms with Crippen LogP contribution in [0.15, 0.2) is 46.6 Å². The van der Waals surface area contributed by atoms with Crippen LogP contribution in [-0.2, 0) is 4.79 Å². The van der Waals surface area contributed by atoms with Gasteiger partial charge in [-0.15, -0.1) is 0 Å². The van der Waals surface area contributed by atoms with Gasteiger partial charge in [0.05, 0.1) is 10.7 Å². The third kappa shape index (κ3) is 3.13. The highest BCUT2D eigenvalue weighted by molar-refractivity contribution is 9.10. The molecule has 24 heavy (non-hydrogen) atoms. The van der Waals surface area contributed by atoms with Crippen LogP contribution in [0.2, 0.25) is 10.0 Å². The smallest absolute Gasteiger partial charge is 0.333 e. The highest BCUT2D eigenvalue weighted by Crippen LogP contribution is 2.33. The molecule has 0 spiro atoms. The molecule has 0 atom stereocenters. The SMILES string of the molecule is O=C1N/C(=C/c2cc(Br)cc(Cl)c2O)C(=O)N1c1cccc(Cl)c1. The number of amides is 3. The van der Waals surface area contributed by atoms with E-state index in [0.717, 1.165) is 4.90 Å². The maximum absolute atomic E-state index is 12.5. The van der Waals surface area contributed by atoms with E-state index >= 15 is 0 Å². The number of anilines is 1. The summed E-state index contributed by atoms with van der Waals surface area (Å²) in [6, 6.07) is 8.88. The number of phenols is 1. The fraction of sp³-hybridized carbons (Fsp3) is 0. The second-order valence-electron chi connectivity index (χ2n) is 4.93. The van der Waals surface area contributed by atoms with E-state index in [1.165, 1.54) is 18.2 Å². The van der Waals surface area contributed by atoms with E-state index in [0.29, 0.717) is 20.7 Å². The Hall–Kier alpha value is -2.02. The third-order valence-electron chi connectivity index (χ3n) is 3.30. The minimum atomic E-state index is -0.603. The van der Waals surface area contributed by atoms with Crippen LogP contribution in [0.4, 0.5) is 10.5 Å². The van der Waals surface area contributed by atoms with Gasteiger partial charge < -0.3 is 10.4 Å². The number of benzene rings is 2. The number of aromatic hydroxyl groups is 1. The molecule has 3 rings (SSSR count). The lowest BCUT2D eigenvalue weighted by Crippen LogP contribution is -2.30. The fourth-order valence-corrected chi connectivity index (χ4v) is 3.25. The Bertz CT molecular complexity index is 899. The van der Waals surface area contributed by atoms with Crippen LogP contribution >= 0.6 is 39.1 Å². The van der Waals surface area contributed by atoms with Crippen LogP contribution in [0, 0.1) is 0 Å². The molecule has 3 amide bonds. The van der Waals surface area contributed by atoms with Gasteiger partial charge >= 0.3 is 6.03 Å². The lowest BCUT2D eigenvalue weighted by atomic mass is 10.1. The van der Waals surface area contributed by atoms with Gasteiger partial charge in [0.1, 0.15) is 11.4 Å². The molecule has 2 N–H and O–H groups in total. The van der Waals surface area contributed by atoms with E-state index in [1.54, 1.807) is 24.3 Å². The summed E-state index contributed by atoms with van der Waals surface area (Å²) in [7, 11) is 0. The molecule has 122 valence electrons. The van der Waals surface area contributed by atoms with Crippen molar-refractivity contribution in [2.45, 2.75) is 0 Å². The number of phenolic OH excluding ortho intramolecular Hbond substituents is 1. The maximum atomic E-state index is 12.5. The zero-order chi connectivity index (χ0) is 17.4. The first-order valence-electron chi connectivity index (χ1n) is 6.67. The topological polar surface area (TPSA) is 69.6 Å². The minimum Gasteiger partial charge on any atom is -0.506 e. The molecular weight excluding hydrogens is 419 g/mol. The molecule has 0 aliphatic carbocycles. The lowest BCUT2D eigenvalue weighted by molar-refractivity contribution is -0.113. The van der Waals surface area contributed by atoms with E-state index in [4.69, 9.17) is 23.2 Å². The number of halogens is 3. The number of carbonyl (C=O) groups excluding carboxylic acids is 2. The lowest BCUT2D eigenvalue weighted by Gasteiger charge is -2.11. The van der Waals surface area contributed by atoms with Crippen molar-refractivity contribution >= 4 is 62.8 Å². The van der Waals surface area contributed by atoms with Gasteiger partial charge in [-0.25, -0.2) is 9.69 Å². The number of urea groups is 1. The molecule has 8 heteroatoms. The molecule has 5 nitrogen and oxygen atoms in total. The van der Waals surface area contributed by atoms with Crippen LogP contribution in [-0.4, -0.2) is 17.0 Å². The molecule has 1 fully saturated rings. The van der Waals surface area contributed by atoms with E-state index in [9.17, 15) is 14.7 Å². The molecule has 2 aromatic rings. The largest absolute Gasteiger partial charge is 0.506 e. The number of imide groups is 1. The molecule has 1 aliphatic heterocycles. The Kier molecular flexibility index (Phi) is 4.54. The Labute approximate surface area is 155 Å². The second kappa shape index (κ2) is 6.47. The quantitative estimate of drug-likeness (QED) is 0.545. The third-order valence-corrected chi connectivity index (χ3v) is 4.28. The van der Waals surface area contributed by atoms with E-state index in [2.05, 4.69) is 21.2 Å². The number of carbonyl (C=O) groups is 2.